The van der Waals surface area contributed by atoms with Crippen molar-refractivity contribution in [1.82, 2.24) is 4.98 Å². The lowest BCUT2D eigenvalue weighted by Crippen LogP contribution is -2.05. The van der Waals surface area contributed by atoms with Crippen molar-refractivity contribution in [3.63, 3.8) is 0 Å². The second-order valence-electron chi connectivity index (χ2n) is 4.83. The van der Waals surface area contributed by atoms with Crippen molar-refractivity contribution in [1.29, 1.82) is 0 Å². The number of hydrogen-bond donors (Lipinski definition) is 1. The minimum atomic E-state index is -0.00864. The van der Waals surface area contributed by atoms with Crippen LogP contribution in [0.1, 0.15) is 36.8 Å². The molecule has 0 radical (unpaired) electrons. The Morgan fingerprint density at radius 1 is 1.30 bits per heavy atom. The van der Waals surface area contributed by atoms with Crippen LogP contribution in [0, 0.1) is 6.92 Å². The van der Waals surface area contributed by atoms with Gasteiger partial charge in [-0.15, -0.1) is 0 Å². The van der Waals surface area contributed by atoms with E-state index in [2.05, 4.69) is 27.8 Å². The summed E-state index contributed by atoms with van der Waals surface area (Å²) in [4.78, 5) is 4.50. The summed E-state index contributed by atoms with van der Waals surface area (Å²) in [6.07, 6.45) is 0.843. The molecule has 20 heavy (non-hydrogen) atoms. The molecule has 1 atom stereocenters. The molecule has 0 amide bonds. The van der Waals surface area contributed by atoms with Crippen molar-refractivity contribution in [3.05, 3.63) is 51.8 Å². The van der Waals surface area contributed by atoms with E-state index in [4.69, 9.17) is 10.5 Å². The zero-order valence-corrected chi connectivity index (χ0v) is 13.6. The molecule has 0 spiro atoms. The van der Waals surface area contributed by atoms with Gasteiger partial charge in [0, 0.05) is 16.2 Å². The molecule has 1 aromatic heterocycles. The molecule has 0 aliphatic heterocycles. The van der Waals surface area contributed by atoms with Gasteiger partial charge in [0.25, 0.3) is 0 Å². The number of hydrogen-bond acceptors (Lipinski definition) is 3. The van der Waals surface area contributed by atoms with Gasteiger partial charge in [-0.3, -0.25) is 4.98 Å². The van der Waals surface area contributed by atoms with E-state index >= 15 is 0 Å². The summed E-state index contributed by atoms with van der Waals surface area (Å²) in [5.41, 5.74) is 8.94. The maximum absolute atomic E-state index is 5.94. The molecule has 1 heterocycles. The van der Waals surface area contributed by atoms with Crippen molar-refractivity contribution < 1.29 is 4.74 Å². The smallest absolute Gasteiger partial charge is 0.148 e. The van der Waals surface area contributed by atoms with E-state index in [-0.39, 0.29) is 6.04 Å². The number of nitrogens with two attached hydrogens (primary N) is 1. The van der Waals surface area contributed by atoms with Gasteiger partial charge < -0.3 is 10.5 Å². The summed E-state index contributed by atoms with van der Waals surface area (Å²) in [6.45, 7) is 6.01. The van der Waals surface area contributed by atoms with E-state index in [1.54, 1.807) is 0 Å². The minimum absolute atomic E-state index is 0.00864. The molecular weight excluding hydrogens is 316 g/mol. The maximum Gasteiger partial charge on any atom is 0.148 e. The van der Waals surface area contributed by atoms with Gasteiger partial charge in [-0.2, -0.15) is 0 Å². The second kappa shape index (κ2) is 6.37. The Balaban J connectivity index is 2.28. The fourth-order valence-electron chi connectivity index (χ4n) is 2.01. The summed E-state index contributed by atoms with van der Waals surface area (Å²) >= 11 is 3.53. The Morgan fingerprint density at radius 2 is 2.05 bits per heavy atom. The Kier molecular flexibility index (Phi) is 4.78. The molecule has 0 aliphatic rings. The lowest BCUT2D eigenvalue weighted by Gasteiger charge is -2.13. The highest BCUT2D eigenvalue weighted by molar-refractivity contribution is 9.10. The van der Waals surface area contributed by atoms with Crippen LogP contribution in [0.25, 0.3) is 0 Å². The lowest BCUT2D eigenvalue weighted by atomic mass is 10.1. The quantitative estimate of drug-likeness (QED) is 0.893. The average molecular weight is 335 g/mol. The highest BCUT2D eigenvalue weighted by Gasteiger charge is 2.09. The van der Waals surface area contributed by atoms with Gasteiger partial charge in [-0.05, 0) is 50.1 Å². The third kappa shape index (κ3) is 3.38. The molecule has 3 nitrogen and oxygen atoms in total. The Hall–Kier alpha value is -1.39. The summed E-state index contributed by atoms with van der Waals surface area (Å²) in [5.74, 6) is 1.58. The first-order valence-corrected chi connectivity index (χ1v) is 7.50. The topological polar surface area (TPSA) is 48.1 Å². The molecular formula is C16H19BrN2O. The van der Waals surface area contributed by atoms with Crippen molar-refractivity contribution in [3.8, 4) is 11.5 Å². The second-order valence-corrected chi connectivity index (χ2v) is 5.68. The lowest BCUT2D eigenvalue weighted by molar-refractivity contribution is 0.472. The Morgan fingerprint density at radius 3 is 2.65 bits per heavy atom. The fourth-order valence-corrected chi connectivity index (χ4v) is 2.73. The maximum atomic E-state index is 5.94. The number of aryl methyl sites for hydroxylation is 2. The predicted octanol–water partition coefficient (Wildman–Crippen LogP) is 4.53. The van der Waals surface area contributed by atoms with Gasteiger partial charge in [-0.1, -0.05) is 28.9 Å². The number of pyridine rings is 1. The molecule has 1 aromatic carbocycles. The summed E-state index contributed by atoms with van der Waals surface area (Å²) < 4.78 is 6.90. The first kappa shape index (κ1) is 15.0. The number of halogens is 1. The highest BCUT2D eigenvalue weighted by Crippen LogP contribution is 2.30. The molecule has 0 unspecified atom stereocenters. The zero-order chi connectivity index (χ0) is 14.7. The molecule has 0 fully saturated rings. The third-order valence-corrected chi connectivity index (χ3v) is 3.78. The standard InChI is InChI=1S/C16H19BrN2O/c1-4-15-16(8-5-10(2)19-15)20-12-6-7-13(11(3)18)14(17)9-12/h5-9,11H,4,18H2,1-3H3/t11-/m1/s1. The van der Waals surface area contributed by atoms with E-state index in [1.807, 2.05) is 44.2 Å². The SMILES string of the molecule is CCc1nc(C)ccc1Oc1ccc([C@@H](C)N)c(Br)c1. The highest BCUT2D eigenvalue weighted by atomic mass is 79.9. The van der Waals surface area contributed by atoms with Gasteiger partial charge in [0.05, 0.1) is 5.69 Å². The minimum Gasteiger partial charge on any atom is -0.455 e. The van der Waals surface area contributed by atoms with Crippen molar-refractivity contribution in [2.45, 2.75) is 33.2 Å². The van der Waals surface area contributed by atoms with Crippen LogP contribution >= 0.6 is 15.9 Å². The summed E-state index contributed by atoms with van der Waals surface area (Å²) in [7, 11) is 0. The normalized spacial score (nSPS) is 12.2. The molecule has 2 aromatic rings. The zero-order valence-electron chi connectivity index (χ0n) is 12.0. The van der Waals surface area contributed by atoms with E-state index in [0.717, 1.165) is 39.3 Å². The molecule has 2 N–H and O–H groups in total. The summed E-state index contributed by atoms with van der Waals surface area (Å²) in [6, 6.07) is 9.78. The molecule has 4 heteroatoms. The molecule has 0 saturated carbocycles. The molecule has 0 saturated heterocycles. The molecule has 0 bridgehead atoms. The Labute approximate surface area is 128 Å². The van der Waals surface area contributed by atoms with Gasteiger partial charge in [0.2, 0.25) is 0 Å². The van der Waals surface area contributed by atoms with Crippen molar-refractivity contribution in [2.75, 3.05) is 0 Å². The molecule has 2 rings (SSSR count). The van der Waals surface area contributed by atoms with Crippen LogP contribution < -0.4 is 10.5 Å². The van der Waals surface area contributed by atoms with Crippen LogP contribution in [-0.4, -0.2) is 4.98 Å². The van der Waals surface area contributed by atoms with Crippen molar-refractivity contribution >= 4 is 15.9 Å². The van der Waals surface area contributed by atoms with Gasteiger partial charge in [0.15, 0.2) is 0 Å². The van der Waals surface area contributed by atoms with E-state index in [0.29, 0.717) is 0 Å². The van der Waals surface area contributed by atoms with Crippen LogP contribution in [0.2, 0.25) is 0 Å². The number of rotatable bonds is 4. The van der Waals surface area contributed by atoms with Crippen LogP contribution in [0.5, 0.6) is 11.5 Å². The van der Waals surface area contributed by atoms with Crippen LogP contribution in [0.15, 0.2) is 34.8 Å². The largest absolute Gasteiger partial charge is 0.455 e. The van der Waals surface area contributed by atoms with Gasteiger partial charge in [0.1, 0.15) is 11.5 Å². The number of nitrogens with zero attached hydrogens (tertiary/aromatic N) is 1. The van der Waals surface area contributed by atoms with Crippen LogP contribution in [-0.2, 0) is 6.42 Å². The number of ether oxygens (including phenoxy) is 1. The third-order valence-electron chi connectivity index (χ3n) is 3.10. The van der Waals surface area contributed by atoms with Crippen molar-refractivity contribution in [2.24, 2.45) is 5.73 Å². The predicted molar refractivity (Wildman–Crippen MR) is 85.2 cm³/mol. The molecule has 106 valence electrons. The van der Waals surface area contributed by atoms with Gasteiger partial charge in [-0.25, -0.2) is 0 Å². The van der Waals surface area contributed by atoms with Gasteiger partial charge >= 0.3 is 0 Å². The Bertz CT molecular complexity index is 611. The molecule has 0 aliphatic carbocycles. The summed E-state index contributed by atoms with van der Waals surface area (Å²) in [5, 5.41) is 0. The monoisotopic (exact) mass is 334 g/mol. The fraction of sp³-hybridized carbons (Fsp3) is 0.312. The van der Waals surface area contributed by atoms with E-state index in [9.17, 15) is 0 Å². The average Bonchev–Trinajstić information content (AvgIpc) is 2.40. The number of aromatic nitrogens is 1. The first-order valence-electron chi connectivity index (χ1n) is 6.70. The number of benzene rings is 1. The van der Waals surface area contributed by atoms with Crippen LogP contribution in [0.4, 0.5) is 0 Å². The van der Waals surface area contributed by atoms with E-state index < -0.39 is 0 Å². The first-order chi connectivity index (χ1) is 9.51. The van der Waals surface area contributed by atoms with E-state index in [1.165, 1.54) is 0 Å². The van der Waals surface area contributed by atoms with Crippen LogP contribution in [0.3, 0.4) is 0 Å².